The van der Waals surface area contributed by atoms with Crippen molar-refractivity contribution in [2.45, 2.75) is 13.8 Å². The maximum atomic E-state index is 8.25. The van der Waals surface area contributed by atoms with Crippen molar-refractivity contribution in [2.24, 2.45) is 30.7 Å². The zero-order valence-corrected chi connectivity index (χ0v) is 36.2. The zero-order valence-electron chi connectivity index (χ0n) is 33.4. The predicted octanol–water partition coefficient (Wildman–Crippen LogP) is 10.1. The van der Waals surface area contributed by atoms with Gasteiger partial charge in [0.2, 0.25) is 21.7 Å². The van der Waals surface area contributed by atoms with Gasteiger partial charge < -0.3 is 51.4 Å². The van der Waals surface area contributed by atoms with Gasteiger partial charge in [-0.1, -0.05) is 71.8 Å². The first-order valence-corrected chi connectivity index (χ1v) is 19.1. The zero-order chi connectivity index (χ0) is 42.7. The Morgan fingerprint density at radius 1 is 0.525 bits per heavy atom. The van der Waals surface area contributed by atoms with Crippen molar-refractivity contribution in [1.29, 1.82) is 0 Å². The van der Waals surface area contributed by atoms with Crippen LogP contribution in [0.25, 0.3) is 10.9 Å². The van der Waals surface area contributed by atoms with Crippen molar-refractivity contribution < 1.29 is 36.8 Å². The van der Waals surface area contributed by atoms with Crippen LogP contribution in [0.2, 0.25) is 0 Å². The van der Waals surface area contributed by atoms with Crippen molar-refractivity contribution in [3.05, 3.63) is 167 Å². The Labute approximate surface area is 375 Å². The summed E-state index contributed by atoms with van der Waals surface area (Å²) in [5.74, 6) is 1.10. The molecular formula is C44H44CuN10O4S2+4. The molecule has 14 nitrogen and oxygen atoms in total. The molecule has 6 aromatic rings. The van der Waals surface area contributed by atoms with Crippen molar-refractivity contribution in [3.8, 4) is 23.0 Å². The fraction of sp³-hybridized carbons (Fsp3) is 0.0909. The molecule has 0 bridgehead atoms. The third-order valence-electron chi connectivity index (χ3n) is 8.06. The van der Waals surface area contributed by atoms with E-state index in [1.807, 2.05) is 123 Å². The van der Waals surface area contributed by atoms with E-state index in [0.717, 1.165) is 33.9 Å². The van der Waals surface area contributed by atoms with Crippen LogP contribution >= 0.6 is 0 Å². The molecule has 0 amide bonds. The number of benzene rings is 6. The summed E-state index contributed by atoms with van der Waals surface area (Å²) < 4.78 is 10.6. The SMILES string of the molecule is COc1cc(N=Nc2ccccc2)cc(C=N[N-]C(=[SH+])Nc2ccc(C)cc2)c1[OH2+].COc1cc(N=Nc2ccccc2)cc(C=N[N-]C(=[SH+])Nc2ccc(C)cc2)c1[OH2+].[Cu+2]. The minimum absolute atomic E-state index is 0. The number of nitrogens with zero attached hydrogens (tertiary/aromatic N) is 8. The summed E-state index contributed by atoms with van der Waals surface area (Å²) in [6.07, 6.45) is 2.92. The molecule has 61 heavy (non-hydrogen) atoms. The summed E-state index contributed by atoms with van der Waals surface area (Å²) in [4.78, 5) is 0. The number of methoxy groups -OCH3 is 2. The molecule has 0 aliphatic heterocycles. The van der Waals surface area contributed by atoms with Gasteiger partial charge in [0.15, 0.2) is 24.4 Å². The van der Waals surface area contributed by atoms with E-state index >= 15 is 0 Å². The number of aryl methyl sites for hydroxylation is 2. The van der Waals surface area contributed by atoms with Crippen LogP contribution in [0.5, 0.6) is 23.0 Å². The summed E-state index contributed by atoms with van der Waals surface area (Å²) in [6, 6.07) is 41.1. The Morgan fingerprint density at radius 2 is 0.869 bits per heavy atom. The average molecular weight is 905 g/mol. The van der Waals surface area contributed by atoms with E-state index in [1.165, 1.54) is 26.6 Å². The fourth-order valence-electron chi connectivity index (χ4n) is 4.98. The Kier molecular flexibility index (Phi) is 18.5. The van der Waals surface area contributed by atoms with Gasteiger partial charge in [-0.05, 0) is 74.5 Å². The summed E-state index contributed by atoms with van der Waals surface area (Å²) >= 11 is 8.59. The first kappa shape index (κ1) is 46.6. The van der Waals surface area contributed by atoms with E-state index in [2.05, 4.69) is 76.6 Å². The van der Waals surface area contributed by atoms with E-state index in [9.17, 15) is 0 Å². The standard InChI is InChI=1S/2C22H21N5O2S.Cu/c2*1-15-8-10-17(11-9-15)24-22(30)27-23-14-16-12-19(13-20(29-2)21(16)28)26-25-18-6-4-3-5-7-18;/h2*3-14H,1-2H3,(H3,23,24,25,26,27,28,30);/q;;+2/p+2. The second-order valence-corrected chi connectivity index (χ2v) is 13.5. The van der Waals surface area contributed by atoms with E-state index in [0.29, 0.717) is 44.2 Å². The molecule has 6 aromatic carbocycles. The fourth-order valence-corrected chi connectivity index (χ4v) is 5.34. The number of thiol groups is 2. The number of hydrogen-bond acceptors (Lipinski definition) is 8. The van der Waals surface area contributed by atoms with Crippen LogP contribution < -0.4 is 20.1 Å². The van der Waals surface area contributed by atoms with E-state index < -0.39 is 0 Å². The molecule has 0 aromatic heterocycles. The van der Waals surface area contributed by atoms with Crippen molar-refractivity contribution >= 4 is 81.2 Å². The Morgan fingerprint density at radius 3 is 1.21 bits per heavy atom. The molecule has 0 saturated heterocycles. The van der Waals surface area contributed by atoms with Gasteiger partial charge in [-0.2, -0.15) is 20.5 Å². The van der Waals surface area contributed by atoms with Crippen molar-refractivity contribution in [2.75, 3.05) is 24.9 Å². The topological polar surface area (TPSA) is 191 Å². The molecule has 0 atom stereocenters. The third kappa shape index (κ3) is 15.3. The Hall–Kier alpha value is -7.04. The largest absolute Gasteiger partial charge is 2.00 e. The van der Waals surface area contributed by atoms with Crippen LogP contribution in [-0.4, -0.2) is 47.1 Å². The number of azo groups is 2. The molecule has 6 rings (SSSR count). The van der Waals surface area contributed by atoms with Crippen LogP contribution in [0.3, 0.4) is 0 Å². The molecule has 313 valence electrons. The van der Waals surface area contributed by atoms with Crippen molar-refractivity contribution in [1.82, 2.24) is 0 Å². The third-order valence-corrected chi connectivity index (χ3v) is 8.47. The predicted molar refractivity (Wildman–Crippen MR) is 252 cm³/mol. The summed E-state index contributed by atoms with van der Waals surface area (Å²) in [5, 5.41) is 48.1. The molecule has 0 aliphatic carbocycles. The number of rotatable bonds is 12. The molecule has 0 aliphatic rings. The summed E-state index contributed by atoms with van der Waals surface area (Å²) in [5.41, 5.74) is 15.6. The average Bonchev–Trinajstić information content (AvgIpc) is 3.26. The molecular weight excluding hydrogens is 860 g/mol. The van der Waals surface area contributed by atoms with Gasteiger partial charge in [0, 0.05) is 35.9 Å². The molecule has 0 spiro atoms. The Balaban J connectivity index is 0.000000264. The van der Waals surface area contributed by atoms with E-state index in [1.54, 1.807) is 24.3 Å². The molecule has 0 saturated carbocycles. The van der Waals surface area contributed by atoms with Gasteiger partial charge in [0.25, 0.3) is 0 Å². The van der Waals surface area contributed by atoms with Crippen LogP contribution in [-0.2, 0) is 41.5 Å². The maximum Gasteiger partial charge on any atom is 2.00 e. The second kappa shape index (κ2) is 24.1. The molecule has 0 fully saturated rings. The van der Waals surface area contributed by atoms with E-state index in [-0.39, 0.29) is 28.6 Å². The molecule has 17 heteroatoms. The molecule has 0 heterocycles. The summed E-state index contributed by atoms with van der Waals surface area (Å²) in [7, 11) is 3.00. The number of ether oxygens (including phenoxy) is 2. The van der Waals surface area contributed by atoms with E-state index in [4.69, 9.17) is 19.7 Å². The first-order chi connectivity index (χ1) is 29.1. The maximum absolute atomic E-state index is 8.25. The quantitative estimate of drug-likeness (QED) is 0.0235. The molecule has 6 N–H and O–H groups in total. The molecule has 1 radical (unpaired) electrons. The normalized spacial score (nSPS) is 10.8. The van der Waals surface area contributed by atoms with Gasteiger partial charge in [0.05, 0.1) is 48.1 Å². The second-order valence-electron chi connectivity index (χ2n) is 12.6. The van der Waals surface area contributed by atoms with Crippen LogP contribution in [0.4, 0.5) is 34.1 Å². The minimum Gasteiger partial charge on any atom is -0.590 e. The number of anilines is 2. The van der Waals surface area contributed by atoms with Gasteiger partial charge >= 0.3 is 28.6 Å². The number of nitrogens with one attached hydrogen (secondary N) is 2. The monoisotopic (exact) mass is 903 g/mol. The van der Waals surface area contributed by atoms with Gasteiger partial charge in [-0.25, -0.2) is 0 Å². The van der Waals surface area contributed by atoms with Gasteiger partial charge in [-0.3, -0.25) is 0 Å². The van der Waals surface area contributed by atoms with Crippen molar-refractivity contribution in [3.63, 3.8) is 0 Å². The molecule has 0 unspecified atom stereocenters. The van der Waals surface area contributed by atoms with Crippen LogP contribution in [0, 0.1) is 13.8 Å². The Bertz CT molecular complexity index is 2320. The van der Waals surface area contributed by atoms with Gasteiger partial charge in [-0.15, -0.1) is 0 Å². The first-order valence-electron chi connectivity index (χ1n) is 18.2. The summed E-state index contributed by atoms with van der Waals surface area (Å²) in [6.45, 7) is 4.04. The smallest absolute Gasteiger partial charge is 0.590 e. The minimum atomic E-state index is 0. The number of hydrogen-bond donors (Lipinski definition) is 2. The van der Waals surface area contributed by atoms with Crippen LogP contribution in [0.15, 0.2) is 164 Å². The van der Waals surface area contributed by atoms with Crippen LogP contribution in [0.1, 0.15) is 22.3 Å². The van der Waals surface area contributed by atoms with Gasteiger partial charge in [0.1, 0.15) is 0 Å².